The van der Waals surface area contributed by atoms with Crippen LogP contribution in [0.2, 0.25) is 0 Å². The fourth-order valence-electron chi connectivity index (χ4n) is 1.39. The molecule has 0 unspecified atom stereocenters. The summed E-state index contributed by atoms with van der Waals surface area (Å²) in [5, 5.41) is 12.4. The first kappa shape index (κ1) is 11.9. The van der Waals surface area contributed by atoms with E-state index in [1.165, 1.54) is 0 Å². The number of aliphatic hydroxyl groups is 1. The van der Waals surface area contributed by atoms with Gasteiger partial charge in [-0.1, -0.05) is 0 Å². The molecule has 0 aromatic heterocycles. The van der Waals surface area contributed by atoms with Gasteiger partial charge in [0.25, 0.3) is 0 Å². The van der Waals surface area contributed by atoms with Crippen molar-refractivity contribution in [3.63, 3.8) is 0 Å². The molecule has 0 aliphatic rings. The van der Waals surface area contributed by atoms with Gasteiger partial charge < -0.3 is 15.2 Å². The van der Waals surface area contributed by atoms with E-state index in [-0.39, 0.29) is 12.1 Å². The van der Waals surface area contributed by atoms with Crippen LogP contribution in [0.5, 0.6) is 5.75 Å². The summed E-state index contributed by atoms with van der Waals surface area (Å²) in [6, 6.07) is 5.88. The number of aryl methyl sites for hydroxylation is 1. The molecule has 0 radical (unpaired) electrons. The Morgan fingerprint density at radius 1 is 1.40 bits per heavy atom. The second-order valence-electron chi connectivity index (χ2n) is 4.35. The molecule has 0 spiro atoms. The molecule has 1 rings (SSSR count). The first-order valence-electron chi connectivity index (χ1n) is 5.02. The van der Waals surface area contributed by atoms with E-state index in [0.29, 0.717) is 0 Å². The Labute approximate surface area is 91.1 Å². The summed E-state index contributed by atoms with van der Waals surface area (Å²) in [6.07, 6.45) is 0. The van der Waals surface area contributed by atoms with Gasteiger partial charge in [0.1, 0.15) is 5.75 Å². The predicted molar refractivity (Wildman–Crippen MR) is 62.5 cm³/mol. The smallest absolute Gasteiger partial charge is 0.121 e. The molecule has 15 heavy (non-hydrogen) atoms. The van der Waals surface area contributed by atoms with Crippen molar-refractivity contribution in [3.8, 4) is 5.75 Å². The molecule has 84 valence electrons. The van der Waals surface area contributed by atoms with Gasteiger partial charge in [-0.25, -0.2) is 0 Å². The molecule has 0 aliphatic carbocycles. The van der Waals surface area contributed by atoms with E-state index in [0.717, 1.165) is 17.0 Å². The third-order valence-corrected chi connectivity index (χ3v) is 2.27. The Hall–Kier alpha value is -1.22. The zero-order chi connectivity index (χ0) is 11.5. The van der Waals surface area contributed by atoms with Gasteiger partial charge in [0.2, 0.25) is 0 Å². The number of anilines is 1. The maximum Gasteiger partial charge on any atom is 0.121 e. The van der Waals surface area contributed by atoms with Crippen LogP contribution in [0.25, 0.3) is 0 Å². The number of nitrogens with one attached hydrogen (secondary N) is 1. The number of benzene rings is 1. The van der Waals surface area contributed by atoms with Crippen LogP contribution >= 0.6 is 0 Å². The van der Waals surface area contributed by atoms with Gasteiger partial charge in [-0.05, 0) is 44.5 Å². The van der Waals surface area contributed by atoms with Crippen molar-refractivity contribution in [1.29, 1.82) is 0 Å². The summed E-state index contributed by atoms with van der Waals surface area (Å²) in [5.41, 5.74) is 1.77. The van der Waals surface area contributed by atoms with Crippen molar-refractivity contribution in [2.24, 2.45) is 0 Å². The third-order valence-electron chi connectivity index (χ3n) is 2.27. The molecule has 2 N–H and O–H groups in total. The molecule has 0 amide bonds. The highest BCUT2D eigenvalue weighted by Crippen LogP contribution is 2.23. The predicted octanol–water partition coefficient (Wildman–Crippen LogP) is 2.19. The number of hydrogen-bond donors (Lipinski definition) is 2. The molecule has 3 nitrogen and oxygen atoms in total. The molecule has 0 saturated carbocycles. The summed E-state index contributed by atoms with van der Waals surface area (Å²) in [6.45, 7) is 5.99. The van der Waals surface area contributed by atoms with Gasteiger partial charge in [-0.3, -0.25) is 0 Å². The minimum absolute atomic E-state index is 0.0953. The minimum Gasteiger partial charge on any atom is -0.496 e. The van der Waals surface area contributed by atoms with Crippen molar-refractivity contribution in [2.45, 2.75) is 26.3 Å². The first-order chi connectivity index (χ1) is 6.98. The SMILES string of the molecule is COc1ccc(NC(C)(C)CO)cc1C. The molecule has 0 atom stereocenters. The molecule has 0 heterocycles. The average molecular weight is 209 g/mol. The fourth-order valence-corrected chi connectivity index (χ4v) is 1.39. The number of hydrogen-bond acceptors (Lipinski definition) is 3. The summed E-state index contributed by atoms with van der Waals surface area (Å²) >= 11 is 0. The molecule has 1 aromatic rings. The molecule has 3 heteroatoms. The number of rotatable bonds is 4. The van der Waals surface area contributed by atoms with E-state index in [9.17, 15) is 0 Å². The van der Waals surface area contributed by atoms with Crippen LogP contribution in [0.15, 0.2) is 18.2 Å². The van der Waals surface area contributed by atoms with E-state index in [4.69, 9.17) is 9.84 Å². The minimum atomic E-state index is -0.305. The van der Waals surface area contributed by atoms with Crippen molar-refractivity contribution < 1.29 is 9.84 Å². The summed E-state index contributed by atoms with van der Waals surface area (Å²) in [5.74, 6) is 0.877. The zero-order valence-electron chi connectivity index (χ0n) is 9.79. The first-order valence-corrected chi connectivity index (χ1v) is 5.02. The molecular formula is C12H19NO2. The van der Waals surface area contributed by atoms with Crippen LogP contribution in [0.4, 0.5) is 5.69 Å². The van der Waals surface area contributed by atoms with Crippen molar-refractivity contribution >= 4 is 5.69 Å². The van der Waals surface area contributed by atoms with Crippen LogP contribution in [0.3, 0.4) is 0 Å². The molecule has 0 bridgehead atoms. The van der Waals surface area contributed by atoms with E-state index in [1.54, 1.807) is 7.11 Å². The van der Waals surface area contributed by atoms with E-state index >= 15 is 0 Å². The Morgan fingerprint density at radius 2 is 2.07 bits per heavy atom. The Morgan fingerprint density at radius 3 is 2.53 bits per heavy atom. The lowest BCUT2D eigenvalue weighted by Crippen LogP contribution is -2.34. The lowest BCUT2D eigenvalue weighted by Gasteiger charge is -2.25. The van der Waals surface area contributed by atoms with Crippen LogP contribution in [0.1, 0.15) is 19.4 Å². The van der Waals surface area contributed by atoms with E-state index in [2.05, 4.69) is 5.32 Å². The quantitative estimate of drug-likeness (QED) is 0.798. The summed E-state index contributed by atoms with van der Waals surface area (Å²) in [4.78, 5) is 0. The van der Waals surface area contributed by atoms with Crippen molar-refractivity contribution in [2.75, 3.05) is 19.0 Å². The second kappa shape index (κ2) is 4.53. The number of aliphatic hydroxyl groups excluding tert-OH is 1. The maximum atomic E-state index is 9.14. The van der Waals surface area contributed by atoms with Gasteiger partial charge in [-0.2, -0.15) is 0 Å². The highest BCUT2D eigenvalue weighted by Gasteiger charge is 2.15. The Kier molecular flexibility index (Phi) is 3.58. The molecule has 0 aliphatic heterocycles. The molecule has 0 fully saturated rings. The van der Waals surface area contributed by atoms with E-state index < -0.39 is 0 Å². The van der Waals surface area contributed by atoms with Crippen LogP contribution in [0, 0.1) is 6.92 Å². The summed E-state index contributed by atoms with van der Waals surface area (Å²) < 4.78 is 5.18. The van der Waals surface area contributed by atoms with Gasteiger partial charge in [0.15, 0.2) is 0 Å². The van der Waals surface area contributed by atoms with Crippen LogP contribution in [-0.4, -0.2) is 24.4 Å². The lowest BCUT2D eigenvalue weighted by molar-refractivity contribution is 0.234. The molecule has 1 aromatic carbocycles. The largest absolute Gasteiger partial charge is 0.496 e. The van der Waals surface area contributed by atoms with Gasteiger partial charge in [0.05, 0.1) is 19.3 Å². The monoisotopic (exact) mass is 209 g/mol. The highest BCUT2D eigenvalue weighted by atomic mass is 16.5. The molecule has 0 saturated heterocycles. The standard InChI is InChI=1S/C12H19NO2/c1-9-7-10(5-6-11(9)15-4)13-12(2,3)8-14/h5-7,13-14H,8H2,1-4H3. The fraction of sp³-hybridized carbons (Fsp3) is 0.500. The maximum absolute atomic E-state index is 9.14. The topological polar surface area (TPSA) is 41.5 Å². The third kappa shape index (κ3) is 3.13. The van der Waals surface area contributed by atoms with Crippen molar-refractivity contribution in [3.05, 3.63) is 23.8 Å². The van der Waals surface area contributed by atoms with Crippen LogP contribution < -0.4 is 10.1 Å². The van der Waals surface area contributed by atoms with Crippen molar-refractivity contribution in [1.82, 2.24) is 0 Å². The summed E-state index contributed by atoms with van der Waals surface area (Å²) in [7, 11) is 1.66. The second-order valence-corrected chi connectivity index (χ2v) is 4.35. The van der Waals surface area contributed by atoms with Gasteiger partial charge >= 0.3 is 0 Å². The highest BCUT2D eigenvalue weighted by molar-refractivity contribution is 5.52. The Balaban J connectivity index is 2.84. The van der Waals surface area contributed by atoms with E-state index in [1.807, 2.05) is 39.0 Å². The van der Waals surface area contributed by atoms with Gasteiger partial charge in [-0.15, -0.1) is 0 Å². The number of ether oxygens (including phenoxy) is 1. The normalized spacial score (nSPS) is 11.3. The lowest BCUT2D eigenvalue weighted by atomic mass is 10.1. The zero-order valence-corrected chi connectivity index (χ0v) is 9.79. The number of methoxy groups -OCH3 is 1. The Bertz CT molecular complexity index is 334. The van der Waals surface area contributed by atoms with Gasteiger partial charge in [0, 0.05) is 5.69 Å². The van der Waals surface area contributed by atoms with Crippen LogP contribution in [-0.2, 0) is 0 Å². The molecular weight excluding hydrogens is 190 g/mol. The average Bonchev–Trinajstić information content (AvgIpc) is 2.17.